The lowest BCUT2D eigenvalue weighted by atomic mass is 10.1. The second-order valence-electron chi connectivity index (χ2n) is 7.70. The first kappa shape index (κ1) is 24.2. The molecule has 8 heteroatoms. The number of fused-ring (bicyclic) bond motifs is 1. The monoisotopic (exact) mass is 471 g/mol. The molecule has 3 rings (SSSR count). The number of amides is 1. The number of nitrogens with one attached hydrogen (secondary N) is 1. The lowest BCUT2D eigenvalue weighted by molar-refractivity contribution is -0.113. The molecule has 3 aromatic rings. The first-order valence-electron chi connectivity index (χ1n) is 10.6. The van der Waals surface area contributed by atoms with E-state index in [0.29, 0.717) is 18.6 Å². The first-order valence-corrected chi connectivity index (χ1v) is 13.0. The molecule has 0 fully saturated rings. The average Bonchev–Trinajstić information content (AvgIpc) is 2.75. The van der Waals surface area contributed by atoms with Gasteiger partial charge in [-0.3, -0.25) is 4.79 Å². The van der Waals surface area contributed by atoms with E-state index < -0.39 is 10.0 Å². The van der Waals surface area contributed by atoms with Crippen molar-refractivity contribution in [3.8, 4) is 0 Å². The van der Waals surface area contributed by atoms with E-state index in [0.717, 1.165) is 32.8 Å². The standard InChI is InChI=1S/C24H29N3O3S2/c1-6-27(7-2)32(29,30)19-10-11-21-20(14-19)18(5)13-24(26-21)31-15-23(28)25-22-12-16(3)8-9-17(22)4/h8-14H,6-7,15H2,1-5H3,(H,25,28). The molecule has 0 radical (unpaired) electrons. The predicted octanol–water partition coefficient (Wildman–Crippen LogP) is 4.92. The van der Waals surface area contributed by atoms with Gasteiger partial charge in [0.1, 0.15) is 0 Å². The minimum atomic E-state index is -3.53. The van der Waals surface area contributed by atoms with Gasteiger partial charge in [-0.15, -0.1) is 0 Å². The van der Waals surface area contributed by atoms with Crippen LogP contribution in [0.2, 0.25) is 0 Å². The molecular weight excluding hydrogens is 442 g/mol. The van der Waals surface area contributed by atoms with E-state index in [9.17, 15) is 13.2 Å². The SMILES string of the molecule is CCN(CC)S(=O)(=O)c1ccc2nc(SCC(=O)Nc3cc(C)ccc3C)cc(C)c2c1. The topological polar surface area (TPSA) is 79.4 Å². The van der Waals surface area contributed by atoms with Crippen molar-refractivity contribution in [2.75, 3.05) is 24.2 Å². The number of anilines is 1. The molecule has 0 spiro atoms. The molecule has 0 saturated carbocycles. The number of nitrogens with zero attached hydrogens (tertiary/aromatic N) is 2. The van der Waals surface area contributed by atoms with Gasteiger partial charge in [0.05, 0.1) is 21.2 Å². The summed E-state index contributed by atoms with van der Waals surface area (Å²) in [7, 11) is -3.53. The number of pyridine rings is 1. The Hall–Kier alpha value is -2.42. The van der Waals surface area contributed by atoms with Gasteiger partial charge < -0.3 is 5.32 Å². The van der Waals surface area contributed by atoms with Crippen LogP contribution in [0.3, 0.4) is 0 Å². The lowest BCUT2D eigenvalue weighted by Gasteiger charge is -2.19. The second kappa shape index (κ2) is 10.0. The molecule has 0 atom stereocenters. The highest BCUT2D eigenvalue weighted by molar-refractivity contribution is 7.99. The Balaban J connectivity index is 1.78. The van der Waals surface area contributed by atoms with Crippen molar-refractivity contribution in [2.45, 2.75) is 44.5 Å². The Bertz CT molecular complexity index is 1250. The Morgan fingerprint density at radius 1 is 1.00 bits per heavy atom. The predicted molar refractivity (Wildman–Crippen MR) is 132 cm³/mol. The highest BCUT2D eigenvalue weighted by atomic mass is 32.2. The Morgan fingerprint density at radius 3 is 2.41 bits per heavy atom. The van der Waals surface area contributed by atoms with Crippen molar-refractivity contribution >= 4 is 44.3 Å². The van der Waals surface area contributed by atoms with Crippen LogP contribution in [-0.2, 0) is 14.8 Å². The molecule has 0 saturated heterocycles. The van der Waals surface area contributed by atoms with Crippen LogP contribution in [0.1, 0.15) is 30.5 Å². The number of thioether (sulfide) groups is 1. The van der Waals surface area contributed by atoms with Crippen LogP contribution in [0.25, 0.3) is 10.9 Å². The van der Waals surface area contributed by atoms with E-state index in [1.807, 2.05) is 58.9 Å². The molecule has 32 heavy (non-hydrogen) atoms. The molecule has 1 N–H and O–H groups in total. The summed E-state index contributed by atoms with van der Waals surface area (Å²) in [6.45, 7) is 10.4. The number of hydrogen-bond donors (Lipinski definition) is 1. The first-order chi connectivity index (χ1) is 15.1. The largest absolute Gasteiger partial charge is 0.325 e. The summed E-state index contributed by atoms with van der Waals surface area (Å²) in [4.78, 5) is 17.3. The summed E-state index contributed by atoms with van der Waals surface area (Å²) in [5.41, 5.74) is 4.56. The number of hydrogen-bond acceptors (Lipinski definition) is 5. The quantitative estimate of drug-likeness (QED) is 0.472. The maximum atomic E-state index is 12.8. The minimum Gasteiger partial charge on any atom is -0.325 e. The number of carbonyl (C=O) groups excluding carboxylic acids is 1. The Kier molecular flexibility index (Phi) is 7.59. The van der Waals surface area contributed by atoms with E-state index >= 15 is 0 Å². The number of benzene rings is 2. The summed E-state index contributed by atoms with van der Waals surface area (Å²) >= 11 is 1.36. The zero-order valence-electron chi connectivity index (χ0n) is 19.1. The average molecular weight is 472 g/mol. The third-order valence-corrected chi connectivity index (χ3v) is 8.28. The number of aryl methyl sites for hydroxylation is 3. The maximum absolute atomic E-state index is 12.8. The summed E-state index contributed by atoms with van der Waals surface area (Å²) in [6.07, 6.45) is 0. The van der Waals surface area contributed by atoms with Crippen molar-refractivity contribution in [2.24, 2.45) is 0 Å². The van der Waals surface area contributed by atoms with Crippen molar-refractivity contribution in [1.29, 1.82) is 0 Å². The molecule has 6 nitrogen and oxygen atoms in total. The molecule has 0 aliphatic carbocycles. The molecule has 0 aliphatic heterocycles. The fourth-order valence-corrected chi connectivity index (χ4v) is 5.74. The van der Waals surface area contributed by atoms with Crippen molar-refractivity contribution < 1.29 is 13.2 Å². The van der Waals surface area contributed by atoms with Gasteiger partial charge in [0.15, 0.2) is 0 Å². The van der Waals surface area contributed by atoms with E-state index in [2.05, 4.69) is 10.3 Å². The van der Waals surface area contributed by atoms with Gasteiger partial charge in [-0.2, -0.15) is 4.31 Å². The summed E-state index contributed by atoms with van der Waals surface area (Å²) in [5, 5.41) is 4.48. The number of aromatic nitrogens is 1. The van der Waals surface area contributed by atoms with E-state index in [1.54, 1.807) is 18.2 Å². The number of carbonyl (C=O) groups is 1. The van der Waals surface area contributed by atoms with Gasteiger partial charge in [0.25, 0.3) is 0 Å². The number of sulfonamides is 1. The third kappa shape index (κ3) is 5.31. The van der Waals surface area contributed by atoms with Crippen molar-refractivity contribution in [3.05, 3.63) is 59.2 Å². The summed E-state index contributed by atoms with van der Waals surface area (Å²) in [6, 6.07) is 12.9. The molecule has 1 heterocycles. The normalized spacial score (nSPS) is 11.8. The fourth-order valence-electron chi connectivity index (χ4n) is 3.49. The summed E-state index contributed by atoms with van der Waals surface area (Å²) in [5.74, 6) is 0.142. The van der Waals surface area contributed by atoms with Gasteiger partial charge in [0, 0.05) is 24.2 Å². The highest BCUT2D eigenvalue weighted by Gasteiger charge is 2.22. The molecule has 170 valence electrons. The fraction of sp³-hybridized carbons (Fsp3) is 0.333. The zero-order chi connectivity index (χ0) is 23.5. The second-order valence-corrected chi connectivity index (χ2v) is 10.6. The van der Waals surface area contributed by atoms with E-state index in [4.69, 9.17) is 0 Å². The van der Waals surface area contributed by atoms with Crippen LogP contribution in [0.5, 0.6) is 0 Å². The molecule has 0 bridgehead atoms. The van der Waals surface area contributed by atoms with E-state index in [-0.39, 0.29) is 16.6 Å². The number of rotatable bonds is 8. The third-order valence-electron chi connectivity index (χ3n) is 5.32. The maximum Gasteiger partial charge on any atom is 0.243 e. The van der Waals surface area contributed by atoms with Crippen LogP contribution >= 0.6 is 11.8 Å². The van der Waals surface area contributed by atoms with Crippen LogP contribution < -0.4 is 5.32 Å². The van der Waals surface area contributed by atoms with E-state index in [1.165, 1.54) is 16.1 Å². The zero-order valence-corrected chi connectivity index (χ0v) is 20.7. The molecule has 0 unspecified atom stereocenters. The van der Waals surface area contributed by atoms with Gasteiger partial charge in [-0.1, -0.05) is 37.7 Å². The van der Waals surface area contributed by atoms with Gasteiger partial charge >= 0.3 is 0 Å². The lowest BCUT2D eigenvalue weighted by Crippen LogP contribution is -2.30. The highest BCUT2D eigenvalue weighted by Crippen LogP contribution is 2.27. The Labute approximate surface area is 194 Å². The van der Waals surface area contributed by atoms with Gasteiger partial charge in [-0.25, -0.2) is 13.4 Å². The van der Waals surface area contributed by atoms with Crippen molar-refractivity contribution in [1.82, 2.24) is 9.29 Å². The molecule has 1 aromatic heterocycles. The molecule has 0 aliphatic rings. The van der Waals surface area contributed by atoms with Gasteiger partial charge in [-0.05, 0) is 67.8 Å². The minimum absolute atomic E-state index is 0.0936. The molecule has 1 amide bonds. The van der Waals surface area contributed by atoms with Crippen molar-refractivity contribution in [3.63, 3.8) is 0 Å². The Morgan fingerprint density at radius 2 is 1.72 bits per heavy atom. The van der Waals surface area contributed by atoms with Crippen LogP contribution in [0.15, 0.2) is 52.4 Å². The van der Waals surface area contributed by atoms with Gasteiger partial charge in [0.2, 0.25) is 15.9 Å². The van der Waals surface area contributed by atoms with Crippen LogP contribution in [0.4, 0.5) is 5.69 Å². The van der Waals surface area contributed by atoms with Crippen LogP contribution in [-0.4, -0.2) is 42.5 Å². The van der Waals surface area contributed by atoms with Crippen LogP contribution in [0, 0.1) is 20.8 Å². The molecular formula is C24H29N3O3S2. The molecule has 2 aromatic carbocycles. The summed E-state index contributed by atoms with van der Waals surface area (Å²) < 4.78 is 27.1. The smallest absolute Gasteiger partial charge is 0.243 e.